The van der Waals surface area contributed by atoms with Crippen LogP contribution in [0.4, 0.5) is 0 Å². The molecule has 1 unspecified atom stereocenters. The first-order valence-corrected chi connectivity index (χ1v) is 7.90. The average Bonchev–Trinajstić information content (AvgIpc) is 2.80. The van der Waals surface area contributed by atoms with Gasteiger partial charge in [-0.1, -0.05) is 0 Å². The monoisotopic (exact) mass is 330 g/mol. The van der Waals surface area contributed by atoms with Crippen molar-refractivity contribution in [2.75, 3.05) is 27.9 Å². The Labute approximate surface area is 129 Å². The van der Waals surface area contributed by atoms with Crippen LogP contribution in [0.5, 0.6) is 17.2 Å². The smallest absolute Gasteiger partial charge is 0.280 e. The zero-order valence-corrected chi connectivity index (χ0v) is 13.3. The molecule has 0 saturated carbocycles. The maximum atomic E-state index is 11.9. The van der Waals surface area contributed by atoms with Gasteiger partial charge < -0.3 is 19.0 Å². The molecule has 0 aliphatic carbocycles. The summed E-state index contributed by atoms with van der Waals surface area (Å²) >= 11 is 0. The van der Waals surface area contributed by atoms with Crippen molar-refractivity contribution in [1.82, 2.24) is 9.03 Å². The van der Waals surface area contributed by atoms with Crippen LogP contribution in [-0.2, 0) is 21.5 Å². The summed E-state index contributed by atoms with van der Waals surface area (Å²) in [5.41, 5.74) is 0.659. The van der Waals surface area contributed by atoms with Gasteiger partial charge in [-0.2, -0.15) is 17.4 Å². The van der Waals surface area contributed by atoms with E-state index in [0.29, 0.717) is 29.1 Å². The van der Waals surface area contributed by atoms with Gasteiger partial charge in [0.25, 0.3) is 10.2 Å². The fourth-order valence-electron chi connectivity index (χ4n) is 2.27. The maximum absolute atomic E-state index is 11.9. The quantitative estimate of drug-likeness (QED) is 0.734. The Morgan fingerprint density at radius 2 is 1.82 bits per heavy atom. The number of hydrogen-bond donors (Lipinski definition) is 1. The highest BCUT2D eigenvalue weighted by molar-refractivity contribution is 7.87. The van der Waals surface area contributed by atoms with Crippen molar-refractivity contribution in [3.63, 3.8) is 0 Å². The van der Waals surface area contributed by atoms with Crippen LogP contribution < -0.4 is 18.9 Å². The summed E-state index contributed by atoms with van der Waals surface area (Å²) in [7, 11) is 0.795. The molecule has 2 rings (SSSR count). The molecule has 8 nitrogen and oxygen atoms in total. The summed E-state index contributed by atoms with van der Waals surface area (Å²) in [4.78, 5) is 10.8. The number of nitrogens with zero attached hydrogens (tertiary/aromatic N) is 1. The van der Waals surface area contributed by atoms with Crippen molar-refractivity contribution >= 4 is 16.5 Å². The Hall–Kier alpha value is -1.84. The van der Waals surface area contributed by atoms with Crippen molar-refractivity contribution in [1.29, 1.82) is 0 Å². The summed E-state index contributed by atoms with van der Waals surface area (Å²) in [6.45, 7) is 0.179. The molecule has 0 aromatic heterocycles. The third kappa shape index (κ3) is 3.16. The Bertz CT molecular complexity index is 635. The van der Waals surface area contributed by atoms with Gasteiger partial charge in [0.2, 0.25) is 5.75 Å². The largest absolute Gasteiger partial charge is 0.493 e. The number of carbonyl (C=O) groups excluding carboxylic acids is 1. The average molecular weight is 330 g/mol. The molecule has 1 aliphatic heterocycles. The molecule has 1 fully saturated rings. The van der Waals surface area contributed by atoms with E-state index >= 15 is 0 Å². The molecule has 1 atom stereocenters. The van der Waals surface area contributed by atoms with Crippen molar-refractivity contribution < 1.29 is 27.4 Å². The van der Waals surface area contributed by atoms with Crippen LogP contribution in [0.15, 0.2) is 12.1 Å². The number of rotatable bonds is 6. The summed E-state index contributed by atoms with van der Waals surface area (Å²) in [5.74, 6) is 1.31. The van der Waals surface area contributed by atoms with Crippen LogP contribution in [0.25, 0.3) is 0 Å². The standard InChI is InChI=1S/C13H18N2O6S/c1-19-11-4-9(5-12(20-2)13(11)21-3)6-15-7-10(8-16)14-22(15,17)18/h4-5,8,10,14H,6-7H2,1-3H3. The maximum Gasteiger partial charge on any atom is 0.280 e. The Morgan fingerprint density at radius 3 is 2.23 bits per heavy atom. The predicted octanol–water partition coefficient (Wildman–Crippen LogP) is -0.0701. The molecule has 122 valence electrons. The number of nitrogens with one attached hydrogen (secondary N) is 1. The first-order chi connectivity index (χ1) is 10.4. The molecule has 1 aromatic carbocycles. The fraction of sp³-hybridized carbons (Fsp3) is 0.462. The van der Waals surface area contributed by atoms with Crippen molar-refractivity contribution in [2.45, 2.75) is 12.6 Å². The van der Waals surface area contributed by atoms with E-state index in [1.54, 1.807) is 12.1 Å². The number of hydrogen-bond acceptors (Lipinski definition) is 6. The minimum atomic E-state index is -3.66. The van der Waals surface area contributed by atoms with E-state index in [-0.39, 0.29) is 13.1 Å². The molecule has 1 heterocycles. The highest BCUT2D eigenvalue weighted by atomic mass is 32.2. The first kappa shape index (κ1) is 16.5. The second-order valence-corrected chi connectivity index (χ2v) is 6.39. The number of benzene rings is 1. The van der Waals surface area contributed by atoms with Gasteiger partial charge in [0.05, 0.1) is 27.4 Å². The second-order valence-electron chi connectivity index (χ2n) is 4.69. The zero-order valence-electron chi connectivity index (χ0n) is 12.5. The third-order valence-corrected chi connectivity index (χ3v) is 4.85. The fourth-order valence-corrected chi connectivity index (χ4v) is 3.61. The lowest BCUT2D eigenvalue weighted by Crippen LogP contribution is -2.30. The molecule has 1 N–H and O–H groups in total. The summed E-state index contributed by atoms with van der Waals surface area (Å²) < 4.78 is 43.0. The van der Waals surface area contributed by atoms with Gasteiger partial charge in [0.15, 0.2) is 11.5 Å². The predicted molar refractivity (Wildman–Crippen MR) is 78.4 cm³/mol. The molecule has 0 spiro atoms. The van der Waals surface area contributed by atoms with E-state index in [9.17, 15) is 13.2 Å². The summed E-state index contributed by atoms with van der Waals surface area (Å²) in [6.07, 6.45) is 0.576. The van der Waals surface area contributed by atoms with Gasteiger partial charge in [0.1, 0.15) is 6.29 Å². The molecular formula is C13H18N2O6S. The van der Waals surface area contributed by atoms with Crippen LogP contribution in [0.3, 0.4) is 0 Å². The summed E-state index contributed by atoms with van der Waals surface area (Å²) in [5, 5.41) is 0. The van der Waals surface area contributed by atoms with Crippen LogP contribution >= 0.6 is 0 Å². The molecule has 0 amide bonds. The van der Waals surface area contributed by atoms with Crippen LogP contribution in [0.2, 0.25) is 0 Å². The molecule has 0 bridgehead atoms. The molecule has 1 aromatic rings. The second kappa shape index (κ2) is 6.51. The number of methoxy groups -OCH3 is 3. The van der Waals surface area contributed by atoms with Crippen LogP contribution in [0, 0.1) is 0 Å². The molecule has 0 radical (unpaired) electrons. The summed E-state index contributed by atoms with van der Waals surface area (Å²) in [6, 6.07) is 2.61. The molecule has 9 heteroatoms. The Balaban J connectivity index is 2.32. The highest BCUT2D eigenvalue weighted by Gasteiger charge is 2.35. The topological polar surface area (TPSA) is 94.2 Å². The SMILES string of the molecule is COc1cc(CN2CC(C=O)NS2(=O)=O)cc(OC)c1OC. The normalized spacial score (nSPS) is 20.6. The Morgan fingerprint density at radius 1 is 1.23 bits per heavy atom. The third-order valence-electron chi connectivity index (χ3n) is 3.29. The van der Waals surface area contributed by atoms with Crippen molar-refractivity contribution in [2.24, 2.45) is 0 Å². The molecule has 1 saturated heterocycles. The number of aldehydes is 1. The highest BCUT2D eigenvalue weighted by Crippen LogP contribution is 2.38. The zero-order chi connectivity index (χ0) is 16.3. The van der Waals surface area contributed by atoms with Crippen molar-refractivity contribution in [3.05, 3.63) is 17.7 Å². The minimum absolute atomic E-state index is 0.0858. The van der Waals surface area contributed by atoms with E-state index < -0.39 is 16.3 Å². The Kier molecular flexibility index (Phi) is 4.89. The van der Waals surface area contributed by atoms with E-state index in [4.69, 9.17) is 14.2 Å². The van der Waals surface area contributed by atoms with Crippen LogP contribution in [-0.4, -0.2) is 52.9 Å². The number of ether oxygens (including phenoxy) is 3. The van der Waals surface area contributed by atoms with Gasteiger partial charge in [-0.3, -0.25) is 0 Å². The van der Waals surface area contributed by atoms with Gasteiger partial charge in [0, 0.05) is 13.1 Å². The van der Waals surface area contributed by atoms with Gasteiger partial charge in [-0.15, -0.1) is 0 Å². The minimum Gasteiger partial charge on any atom is -0.493 e. The molecule has 1 aliphatic rings. The van der Waals surface area contributed by atoms with Gasteiger partial charge in [-0.25, -0.2) is 0 Å². The lowest BCUT2D eigenvalue weighted by Gasteiger charge is -2.17. The lowest BCUT2D eigenvalue weighted by molar-refractivity contribution is -0.109. The van der Waals surface area contributed by atoms with Gasteiger partial charge in [-0.05, 0) is 17.7 Å². The number of carbonyl (C=O) groups is 1. The van der Waals surface area contributed by atoms with E-state index in [1.165, 1.54) is 25.6 Å². The lowest BCUT2D eigenvalue weighted by atomic mass is 10.1. The van der Waals surface area contributed by atoms with E-state index in [2.05, 4.69) is 4.72 Å². The molecule has 22 heavy (non-hydrogen) atoms. The van der Waals surface area contributed by atoms with Gasteiger partial charge >= 0.3 is 0 Å². The first-order valence-electron chi connectivity index (χ1n) is 6.46. The van der Waals surface area contributed by atoms with Crippen LogP contribution in [0.1, 0.15) is 5.56 Å². The molecular weight excluding hydrogens is 312 g/mol. The van der Waals surface area contributed by atoms with E-state index in [0.717, 1.165) is 0 Å². The van der Waals surface area contributed by atoms with E-state index in [1.807, 2.05) is 0 Å². The van der Waals surface area contributed by atoms with Crippen molar-refractivity contribution in [3.8, 4) is 17.2 Å².